The third kappa shape index (κ3) is 4.33. The summed E-state index contributed by atoms with van der Waals surface area (Å²) in [6.45, 7) is 6.58. The molecule has 0 fully saturated rings. The van der Waals surface area contributed by atoms with Gasteiger partial charge in [0.15, 0.2) is 0 Å². The van der Waals surface area contributed by atoms with Crippen LogP contribution in [0.2, 0.25) is 0 Å². The molecule has 0 N–H and O–H groups in total. The monoisotopic (exact) mass is 413 g/mol. The number of aryl methyl sites for hydroxylation is 1. The molecule has 0 aliphatic carbocycles. The molecule has 2 rings (SSSR count). The molecule has 2 aromatic heterocycles. The molecule has 0 bridgehead atoms. The van der Waals surface area contributed by atoms with E-state index >= 15 is 0 Å². The lowest BCUT2D eigenvalue weighted by Crippen LogP contribution is -2.28. The lowest BCUT2D eigenvalue weighted by molar-refractivity contribution is 0.0780. The summed E-state index contributed by atoms with van der Waals surface area (Å²) in [4.78, 5) is 24.8. The number of hydrogen-bond acceptors (Lipinski definition) is 5. The van der Waals surface area contributed by atoms with Crippen molar-refractivity contribution in [1.29, 1.82) is 0 Å². The van der Waals surface area contributed by atoms with Crippen LogP contribution in [0.5, 0.6) is 0 Å². The van der Waals surface area contributed by atoms with Gasteiger partial charge in [0.05, 0.1) is 17.8 Å². The molecule has 0 saturated heterocycles. The van der Waals surface area contributed by atoms with Crippen molar-refractivity contribution >= 4 is 44.9 Å². The summed E-state index contributed by atoms with van der Waals surface area (Å²) in [5, 5.41) is 2.78. The molecule has 0 aliphatic rings. The average molecular weight is 414 g/mol. The van der Waals surface area contributed by atoms with Crippen LogP contribution in [0.1, 0.15) is 46.5 Å². The average Bonchev–Trinajstić information content (AvgIpc) is 2.90. The summed E-state index contributed by atoms with van der Waals surface area (Å²) in [5.41, 5.74) is 1.36. The molecule has 0 aromatic carbocycles. The van der Waals surface area contributed by atoms with Crippen LogP contribution in [-0.4, -0.2) is 34.1 Å². The van der Waals surface area contributed by atoms with E-state index < -0.39 is 0 Å². The van der Waals surface area contributed by atoms with E-state index in [9.17, 15) is 4.79 Å². The van der Waals surface area contributed by atoms with Crippen molar-refractivity contribution in [3.8, 4) is 0 Å². The minimum absolute atomic E-state index is 0.0355. The molecule has 7 heteroatoms. The highest BCUT2D eigenvalue weighted by Crippen LogP contribution is 2.26. The predicted octanol–water partition coefficient (Wildman–Crippen LogP) is 4.73. The fourth-order valence-corrected chi connectivity index (χ4v) is 4.28. The highest BCUT2D eigenvalue weighted by molar-refractivity contribution is 9.10. The molecule has 23 heavy (non-hydrogen) atoms. The van der Waals surface area contributed by atoms with Gasteiger partial charge in [0.2, 0.25) is 0 Å². The number of amides is 1. The molecular formula is C16H20BrN3OS2. The van der Waals surface area contributed by atoms with Crippen LogP contribution >= 0.6 is 39.0 Å². The topological polar surface area (TPSA) is 46.1 Å². The van der Waals surface area contributed by atoms with E-state index in [4.69, 9.17) is 0 Å². The third-order valence-electron chi connectivity index (χ3n) is 3.36. The molecule has 0 saturated carbocycles. The Bertz CT molecular complexity index is 715. The van der Waals surface area contributed by atoms with Crippen molar-refractivity contribution < 1.29 is 4.79 Å². The van der Waals surface area contributed by atoms with Gasteiger partial charge in [0, 0.05) is 27.7 Å². The summed E-state index contributed by atoms with van der Waals surface area (Å²) >= 11 is 6.57. The number of halogens is 1. The summed E-state index contributed by atoms with van der Waals surface area (Å²) in [6, 6.07) is 2.04. The lowest BCUT2D eigenvalue weighted by atomic mass is 10.1. The van der Waals surface area contributed by atoms with Gasteiger partial charge < -0.3 is 4.90 Å². The van der Waals surface area contributed by atoms with E-state index in [0.717, 1.165) is 25.9 Å². The second-order valence-corrected chi connectivity index (χ2v) is 8.31. The molecule has 0 spiro atoms. The molecule has 0 atom stereocenters. The summed E-state index contributed by atoms with van der Waals surface area (Å²) in [7, 11) is 1.82. The quantitative estimate of drug-likeness (QED) is 0.524. The van der Waals surface area contributed by atoms with Crippen molar-refractivity contribution in [2.45, 2.75) is 38.3 Å². The standard InChI is InChI=1S/C16H20BrN3OS2/c1-9(2)14-18-10(3)13(15(19-14)22-5)16(21)20(4)7-12-6-11(17)8-23-12/h6,8-9H,7H2,1-5H3. The van der Waals surface area contributed by atoms with E-state index in [2.05, 4.69) is 39.7 Å². The second-order valence-electron chi connectivity index (χ2n) is 5.60. The van der Waals surface area contributed by atoms with Crippen molar-refractivity contribution in [3.63, 3.8) is 0 Å². The number of carbonyl (C=O) groups is 1. The molecule has 0 unspecified atom stereocenters. The third-order valence-corrected chi connectivity index (χ3v) is 5.72. The first-order valence-corrected chi connectivity index (χ1v) is 10.1. The summed E-state index contributed by atoms with van der Waals surface area (Å²) < 4.78 is 1.05. The maximum atomic E-state index is 12.9. The van der Waals surface area contributed by atoms with Crippen LogP contribution in [0.4, 0.5) is 0 Å². The van der Waals surface area contributed by atoms with Gasteiger partial charge in [0.25, 0.3) is 5.91 Å². The molecule has 0 aliphatic heterocycles. The highest BCUT2D eigenvalue weighted by Gasteiger charge is 2.22. The molecule has 4 nitrogen and oxygen atoms in total. The number of thioether (sulfide) groups is 1. The van der Waals surface area contributed by atoms with Crippen molar-refractivity contribution in [2.75, 3.05) is 13.3 Å². The summed E-state index contributed by atoms with van der Waals surface area (Å²) in [6.07, 6.45) is 1.94. The zero-order valence-electron chi connectivity index (χ0n) is 13.9. The zero-order chi connectivity index (χ0) is 17.1. The van der Waals surface area contributed by atoms with Gasteiger partial charge in [-0.15, -0.1) is 23.1 Å². The second kappa shape index (κ2) is 7.77. The number of carbonyl (C=O) groups excluding carboxylic acids is 1. The number of hydrogen-bond donors (Lipinski definition) is 0. The number of rotatable bonds is 5. The highest BCUT2D eigenvalue weighted by atomic mass is 79.9. The molecule has 2 heterocycles. The van der Waals surface area contributed by atoms with Crippen LogP contribution in [0.3, 0.4) is 0 Å². The Morgan fingerprint density at radius 3 is 2.65 bits per heavy atom. The van der Waals surface area contributed by atoms with Crippen LogP contribution < -0.4 is 0 Å². The van der Waals surface area contributed by atoms with Gasteiger partial charge in [-0.3, -0.25) is 4.79 Å². The minimum atomic E-state index is -0.0355. The number of aromatic nitrogens is 2. The van der Waals surface area contributed by atoms with Gasteiger partial charge >= 0.3 is 0 Å². The van der Waals surface area contributed by atoms with Crippen LogP contribution in [-0.2, 0) is 6.54 Å². The van der Waals surface area contributed by atoms with Gasteiger partial charge in [-0.1, -0.05) is 13.8 Å². The van der Waals surface area contributed by atoms with E-state index in [1.54, 1.807) is 16.2 Å². The first-order valence-electron chi connectivity index (χ1n) is 7.24. The minimum Gasteiger partial charge on any atom is -0.336 e. The molecule has 124 valence electrons. The first-order chi connectivity index (χ1) is 10.8. The Morgan fingerprint density at radius 2 is 2.13 bits per heavy atom. The van der Waals surface area contributed by atoms with Crippen LogP contribution in [0, 0.1) is 6.92 Å². The first kappa shape index (κ1) is 18.4. The Kier molecular flexibility index (Phi) is 6.22. The maximum Gasteiger partial charge on any atom is 0.258 e. The normalized spacial score (nSPS) is 11.1. The van der Waals surface area contributed by atoms with Crippen molar-refractivity contribution in [3.05, 3.63) is 37.9 Å². The predicted molar refractivity (Wildman–Crippen MR) is 100 cm³/mol. The SMILES string of the molecule is CSc1nc(C(C)C)nc(C)c1C(=O)N(C)Cc1cc(Br)cs1. The zero-order valence-corrected chi connectivity index (χ0v) is 17.1. The van der Waals surface area contributed by atoms with E-state index in [-0.39, 0.29) is 11.8 Å². The van der Waals surface area contributed by atoms with E-state index in [1.807, 2.05) is 31.7 Å². The lowest BCUT2D eigenvalue weighted by Gasteiger charge is -2.19. The van der Waals surface area contributed by atoms with E-state index in [1.165, 1.54) is 11.8 Å². The Morgan fingerprint density at radius 1 is 1.43 bits per heavy atom. The van der Waals surface area contributed by atoms with Gasteiger partial charge in [0.1, 0.15) is 10.9 Å². The summed E-state index contributed by atoms with van der Waals surface area (Å²) in [5.74, 6) is 0.991. The maximum absolute atomic E-state index is 12.9. The van der Waals surface area contributed by atoms with Gasteiger partial charge in [-0.2, -0.15) is 0 Å². The fraction of sp³-hybridized carbons (Fsp3) is 0.438. The molecular weight excluding hydrogens is 394 g/mol. The Hall–Kier alpha value is -0.920. The number of nitrogens with zero attached hydrogens (tertiary/aromatic N) is 3. The van der Waals surface area contributed by atoms with Crippen molar-refractivity contribution in [1.82, 2.24) is 14.9 Å². The smallest absolute Gasteiger partial charge is 0.258 e. The Labute approximate surface area is 153 Å². The Balaban J connectivity index is 2.30. The number of thiophene rings is 1. The van der Waals surface area contributed by atoms with Crippen molar-refractivity contribution in [2.24, 2.45) is 0 Å². The molecule has 2 aromatic rings. The van der Waals surface area contributed by atoms with Crippen LogP contribution in [0.25, 0.3) is 0 Å². The molecule has 0 radical (unpaired) electrons. The van der Waals surface area contributed by atoms with Gasteiger partial charge in [-0.25, -0.2) is 9.97 Å². The van der Waals surface area contributed by atoms with E-state index in [0.29, 0.717) is 12.1 Å². The van der Waals surface area contributed by atoms with Crippen LogP contribution in [0.15, 0.2) is 20.9 Å². The van der Waals surface area contributed by atoms with Gasteiger partial charge in [-0.05, 0) is 35.2 Å². The fourth-order valence-electron chi connectivity index (χ4n) is 2.15. The largest absolute Gasteiger partial charge is 0.336 e. The molecule has 1 amide bonds.